The van der Waals surface area contributed by atoms with Crippen molar-refractivity contribution in [3.05, 3.63) is 75.9 Å². The van der Waals surface area contributed by atoms with Crippen LogP contribution in [0.5, 0.6) is 5.88 Å². The Kier molecular flexibility index (Phi) is 5.87. The highest BCUT2D eigenvalue weighted by Crippen LogP contribution is 2.26. The molecule has 0 bridgehead atoms. The average Bonchev–Trinajstić information content (AvgIpc) is 3.03. The molecule has 1 atom stereocenters. The normalized spacial score (nSPS) is 11.8. The third-order valence-electron chi connectivity index (χ3n) is 3.94. The number of hydrogen-bond acceptors (Lipinski definition) is 4. The highest BCUT2D eigenvalue weighted by atomic mass is 35.5. The molecule has 1 unspecified atom stereocenters. The fourth-order valence-electron chi connectivity index (χ4n) is 2.68. The number of halogens is 2. The van der Waals surface area contributed by atoms with Gasteiger partial charge in [0.25, 0.3) is 5.91 Å². The van der Waals surface area contributed by atoms with Crippen LogP contribution in [0.15, 0.2) is 54.6 Å². The van der Waals surface area contributed by atoms with E-state index in [1.807, 2.05) is 0 Å². The van der Waals surface area contributed by atoms with Crippen LogP contribution in [0.1, 0.15) is 28.5 Å². The minimum Gasteiger partial charge on any atom is -0.493 e. The van der Waals surface area contributed by atoms with Crippen LogP contribution in [0.25, 0.3) is 5.69 Å². The Balaban J connectivity index is 1.87. The van der Waals surface area contributed by atoms with Crippen LogP contribution in [-0.4, -0.2) is 31.9 Å². The van der Waals surface area contributed by atoms with E-state index >= 15 is 0 Å². The molecule has 7 nitrogen and oxygen atoms in total. The number of hydrogen-bond donors (Lipinski definition) is 3. The number of rotatable bonds is 6. The Bertz CT molecular complexity index is 1040. The molecule has 0 saturated heterocycles. The van der Waals surface area contributed by atoms with Crippen LogP contribution in [0.3, 0.4) is 0 Å². The van der Waals surface area contributed by atoms with E-state index in [0.717, 1.165) is 4.68 Å². The van der Waals surface area contributed by atoms with Crippen molar-refractivity contribution in [2.75, 3.05) is 0 Å². The molecular weight excluding hydrogens is 405 g/mol. The predicted molar refractivity (Wildman–Crippen MR) is 104 cm³/mol. The largest absolute Gasteiger partial charge is 0.493 e. The maximum absolute atomic E-state index is 12.6. The molecule has 0 radical (unpaired) electrons. The molecule has 0 saturated carbocycles. The van der Waals surface area contributed by atoms with Crippen molar-refractivity contribution < 1.29 is 19.8 Å². The van der Waals surface area contributed by atoms with Crippen LogP contribution in [-0.2, 0) is 4.79 Å². The molecule has 3 N–H and O–H groups in total. The highest BCUT2D eigenvalue weighted by Gasteiger charge is 2.23. The highest BCUT2D eigenvalue weighted by molar-refractivity contribution is 6.31. The Morgan fingerprint density at radius 1 is 1.11 bits per heavy atom. The monoisotopic (exact) mass is 419 g/mol. The lowest BCUT2D eigenvalue weighted by Gasteiger charge is -2.18. The topological polar surface area (TPSA) is 104 Å². The van der Waals surface area contributed by atoms with Gasteiger partial charge in [0, 0.05) is 16.1 Å². The summed E-state index contributed by atoms with van der Waals surface area (Å²) in [6.07, 6.45) is -0.365. The second-order valence-corrected chi connectivity index (χ2v) is 6.77. The molecule has 2 aromatic carbocycles. The van der Waals surface area contributed by atoms with Crippen molar-refractivity contribution in [2.45, 2.75) is 12.5 Å². The average molecular weight is 420 g/mol. The van der Waals surface area contributed by atoms with Crippen molar-refractivity contribution in [1.29, 1.82) is 0 Å². The zero-order valence-electron chi connectivity index (χ0n) is 14.3. The van der Waals surface area contributed by atoms with Gasteiger partial charge in [-0.25, -0.2) is 4.68 Å². The first-order valence-corrected chi connectivity index (χ1v) is 8.93. The fourth-order valence-corrected chi connectivity index (χ4v) is 3.14. The molecule has 0 aliphatic carbocycles. The number of nitrogens with zero attached hydrogens (tertiary/aromatic N) is 2. The fraction of sp³-hybridized carbons (Fsp3) is 0.105. The van der Waals surface area contributed by atoms with Gasteiger partial charge in [-0.15, -0.1) is 0 Å². The van der Waals surface area contributed by atoms with E-state index < -0.39 is 17.9 Å². The molecule has 9 heteroatoms. The SMILES string of the molecule is O=C(O)CC(NC(=O)c1cc(O)n(-c2cccc(Cl)c2)n1)c1ccccc1Cl. The number of aliphatic carboxylic acids is 1. The number of carboxylic acid groups (broad SMARTS) is 1. The van der Waals surface area contributed by atoms with Crippen LogP contribution >= 0.6 is 23.2 Å². The lowest BCUT2D eigenvalue weighted by atomic mass is 10.0. The molecule has 0 spiro atoms. The molecule has 3 rings (SSSR count). The van der Waals surface area contributed by atoms with E-state index in [2.05, 4.69) is 10.4 Å². The van der Waals surface area contributed by atoms with E-state index in [-0.39, 0.29) is 18.0 Å². The van der Waals surface area contributed by atoms with Crippen molar-refractivity contribution in [3.8, 4) is 11.6 Å². The molecule has 0 aliphatic heterocycles. The van der Waals surface area contributed by atoms with E-state index in [0.29, 0.717) is 21.3 Å². The molecule has 1 heterocycles. The lowest BCUT2D eigenvalue weighted by molar-refractivity contribution is -0.137. The summed E-state index contributed by atoms with van der Waals surface area (Å²) in [5, 5.41) is 26.8. The van der Waals surface area contributed by atoms with Gasteiger partial charge >= 0.3 is 5.97 Å². The van der Waals surface area contributed by atoms with Gasteiger partial charge < -0.3 is 15.5 Å². The first-order chi connectivity index (χ1) is 13.3. The summed E-state index contributed by atoms with van der Waals surface area (Å²) in [6, 6.07) is 13.5. The maximum atomic E-state index is 12.6. The van der Waals surface area contributed by atoms with E-state index in [9.17, 15) is 19.8 Å². The van der Waals surface area contributed by atoms with Gasteiger partial charge in [0.05, 0.1) is 18.2 Å². The van der Waals surface area contributed by atoms with Crippen molar-refractivity contribution >= 4 is 35.1 Å². The van der Waals surface area contributed by atoms with Gasteiger partial charge in [0.15, 0.2) is 5.69 Å². The van der Waals surface area contributed by atoms with Crippen LogP contribution in [0.4, 0.5) is 0 Å². The van der Waals surface area contributed by atoms with Gasteiger partial charge in [-0.1, -0.05) is 47.5 Å². The zero-order chi connectivity index (χ0) is 20.3. The molecule has 3 aromatic rings. The quantitative estimate of drug-likeness (QED) is 0.562. The summed E-state index contributed by atoms with van der Waals surface area (Å²) in [5.74, 6) is -2.01. The molecule has 28 heavy (non-hydrogen) atoms. The molecule has 144 valence electrons. The zero-order valence-corrected chi connectivity index (χ0v) is 15.9. The van der Waals surface area contributed by atoms with Gasteiger partial charge in [-0.05, 0) is 29.8 Å². The minimum atomic E-state index is -1.10. The number of carbonyl (C=O) groups excluding carboxylic acids is 1. The first kappa shape index (κ1) is 19.7. The van der Waals surface area contributed by atoms with Crippen molar-refractivity contribution in [2.24, 2.45) is 0 Å². The Morgan fingerprint density at radius 2 is 1.86 bits per heavy atom. The second-order valence-electron chi connectivity index (χ2n) is 5.92. The van der Waals surface area contributed by atoms with E-state index in [1.165, 1.54) is 6.07 Å². The third-order valence-corrected chi connectivity index (χ3v) is 4.52. The number of carbonyl (C=O) groups is 2. The molecule has 1 aromatic heterocycles. The van der Waals surface area contributed by atoms with Crippen molar-refractivity contribution in [3.63, 3.8) is 0 Å². The minimum absolute atomic E-state index is 0.0834. The number of benzene rings is 2. The Hall–Kier alpha value is -3.03. The maximum Gasteiger partial charge on any atom is 0.305 e. The van der Waals surface area contributed by atoms with Crippen molar-refractivity contribution in [1.82, 2.24) is 15.1 Å². The van der Waals surface area contributed by atoms with Gasteiger partial charge in [-0.2, -0.15) is 5.10 Å². The summed E-state index contributed by atoms with van der Waals surface area (Å²) >= 11 is 12.1. The Morgan fingerprint density at radius 3 is 2.54 bits per heavy atom. The summed E-state index contributed by atoms with van der Waals surface area (Å²) in [7, 11) is 0. The molecular formula is C19H15Cl2N3O4. The number of aromatic nitrogens is 2. The smallest absolute Gasteiger partial charge is 0.305 e. The van der Waals surface area contributed by atoms with Gasteiger partial charge in [0.2, 0.25) is 5.88 Å². The molecule has 0 aliphatic rings. The Labute approximate surface area is 170 Å². The van der Waals surface area contributed by atoms with Crippen LogP contribution in [0.2, 0.25) is 10.0 Å². The summed E-state index contributed by atoms with van der Waals surface area (Å²) < 4.78 is 1.16. The number of carboxylic acids is 1. The third kappa shape index (κ3) is 4.44. The second kappa shape index (κ2) is 8.33. The van der Waals surface area contributed by atoms with Crippen LogP contribution in [0, 0.1) is 0 Å². The lowest BCUT2D eigenvalue weighted by Crippen LogP contribution is -2.30. The van der Waals surface area contributed by atoms with E-state index in [4.69, 9.17) is 23.2 Å². The number of aromatic hydroxyl groups is 1. The number of nitrogens with one attached hydrogen (secondary N) is 1. The molecule has 0 fully saturated rings. The predicted octanol–water partition coefficient (Wildman–Crippen LogP) is 3.83. The first-order valence-electron chi connectivity index (χ1n) is 8.17. The van der Waals surface area contributed by atoms with Gasteiger partial charge in [-0.3, -0.25) is 9.59 Å². The standard InChI is InChI=1S/C19H15Cl2N3O4/c20-11-4-3-5-12(8-11)24-17(25)9-16(23-24)19(28)22-15(10-18(26)27)13-6-1-2-7-14(13)21/h1-9,15,25H,10H2,(H,22,28)(H,26,27). The van der Waals surface area contributed by atoms with Crippen LogP contribution < -0.4 is 5.32 Å². The number of amides is 1. The summed E-state index contributed by atoms with van der Waals surface area (Å²) in [6.45, 7) is 0. The summed E-state index contributed by atoms with van der Waals surface area (Å²) in [4.78, 5) is 23.8. The van der Waals surface area contributed by atoms with E-state index in [1.54, 1.807) is 48.5 Å². The molecule has 1 amide bonds. The summed E-state index contributed by atoms with van der Waals surface area (Å²) in [5.41, 5.74) is 0.857. The van der Waals surface area contributed by atoms with Gasteiger partial charge in [0.1, 0.15) is 0 Å².